The van der Waals surface area contributed by atoms with Crippen LogP contribution in [0.25, 0.3) is 10.9 Å². The highest BCUT2D eigenvalue weighted by atomic mass is 79.9. The number of hydrogen-bond acceptors (Lipinski definition) is 3. The molecule has 122 valence electrons. The molecule has 3 aromatic rings. The van der Waals surface area contributed by atoms with Crippen molar-refractivity contribution in [3.63, 3.8) is 0 Å². The number of benzene rings is 2. The lowest BCUT2D eigenvalue weighted by Gasteiger charge is -2.16. The average molecular weight is 389 g/mol. The number of pyridine rings is 1. The average Bonchev–Trinajstić information content (AvgIpc) is 2.57. The molecule has 2 aromatic carbocycles. The summed E-state index contributed by atoms with van der Waals surface area (Å²) in [5.74, 6) is -0.282. The maximum absolute atomic E-state index is 13.1. The molecule has 0 fully saturated rings. The van der Waals surface area contributed by atoms with E-state index in [9.17, 15) is 9.18 Å². The minimum Gasteiger partial charge on any atom is -0.480 e. The lowest BCUT2D eigenvalue weighted by atomic mass is 10.2. The molecule has 0 aliphatic heterocycles. The number of anilines is 1. The van der Waals surface area contributed by atoms with Gasteiger partial charge in [-0.1, -0.05) is 6.07 Å². The summed E-state index contributed by atoms with van der Waals surface area (Å²) in [6.45, 7) is 1.63. The van der Waals surface area contributed by atoms with E-state index >= 15 is 0 Å². The summed E-state index contributed by atoms with van der Waals surface area (Å²) in [5.41, 5.74) is 1.46. The number of nitrogens with zero attached hydrogens (tertiary/aromatic N) is 1. The van der Waals surface area contributed by atoms with E-state index in [1.54, 1.807) is 13.1 Å². The fraction of sp³-hybridized carbons (Fsp3) is 0.111. The number of fused-ring (bicyclic) bond motifs is 1. The summed E-state index contributed by atoms with van der Waals surface area (Å²) in [6.07, 6.45) is 0.949. The minimum absolute atomic E-state index is 0.303. The van der Waals surface area contributed by atoms with Crippen LogP contribution >= 0.6 is 15.9 Å². The predicted octanol–water partition coefficient (Wildman–Crippen LogP) is 4.54. The predicted molar refractivity (Wildman–Crippen MR) is 94.6 cm³/mol. The summed E-state index contributed by atoms with van der Waals surface area (Å²) in [4.78, 5) is 16.7. The number of amides is 1. The van der Waals surface area contributed by atoms with Crippen molar-refractivity contribution in [2.45, 2.75) is 13.0 Å². The van der Waals surface area contributed by atoms with Gasteiger partial charge in [0.1, 0.15) is 11.6 Å². The Bertz CT molecular complexity index is 896. The van der Waals surface area contributed by atoms with Gasteiger partial charge in [0.05, 0.1) is 15.7 Å². The Morgan fingerprint density at radius 2 is 2.08 bits per heavy atom. The van der Waals surface area contributed by atoms with E-state index in [-0.39, 0.29) is 11.7 Å². The van der Waals surface area contributed by atoms with E-state index < -0.39 is 6.10 Å². The maximum atomic E-state index is 13.1. The van der Waals surface area contributed by atoms with E-state index in [1.165, 1.54) is 18.2 Å². The molecular formula is C18H14BrFN2O2. The molecule has 0 saturated heterocycles. The third kappa shape index (κ3) is 3.54. The number of carbonyl (C=O) groups is 1. The van der Waals surface area contributed by atoms with Crippen molar-refractivity contribution in [2.24, 2.45) is 0 Å². The number of nitrogens with one attached hydrogen (secondary N) is 1. The van der Waals surface area contributed by atoms with Crippen molar-refractivity contribution in [1.29, 1.82) is 0 Å². The first-order valence-electron chi connectivity index (χ1n) is 7.31. The summed E-state index contributed by atoms with van der Waals surface area (Å²) in [5, 5.41) is 3.69. The standard InChI is InChI=1S/C18H14BrFN2O2/c1-11(24-17-8-7-12(20)10-14(17)19)18(23)22-16-6-2-5-15-13(16)4-3-9-21-15/h2-11H,1H3,(H,22,23)/t11-/m0/s1. The van der Waals surface area contributed by atoms with Gasteiger partial charge < -0.3 is 10.1 Å². The number of rotatable bonds is 4. The van der Waals surface area contributed by atoms with Gasteiger partial charge in [0.15, 0.2) is 6.10 Å². The van der Waals surface area contributed by atoms with Crippen LogP contribution in [0.2, 0.25) is 0 Å². The van der Waals surface area contributed by atoms with Gasteiger partial charge in [0.2, 0.25) is 0 Å². The maximum Gasteiger partial charge on any atom is 0.265 e. The highest BCUT2D eigenvalue weighted by Gasteiger charge is 2.17. The lowest BCUT2D eigenvalue weighted by molar-refractivity contribution is -0.122. The highest BCUT2D eigenvalue weighted by molar-refractivity contribution is 9.10. The van der Waals surface area contributed by atoms with Crippen LogP contribution in [-0.2, 0) is 4.79 Å². The first-order chi connectivity index (χ1) is 11.5. The van der Waals surface area contributed by atoms with Crippen LogP contribution in [0.5, 0.6) is 5.75 Å². The summed E-state index contributed by atoms with van der Waals surface area (Å²) in [7, 11) is 0. The second kappa shape index (κ2) is 6.97. The fourth-order valence-corrected chi connectivity index (χ4v) is 2.71. The normalized spacial score (nSPS) is 12.0. The SMILES string of the molecule is C[C@H](Oc1ccc(F)cc1Br)C(=O)Nc1cccc2ncccc12. The van der Waals surface area contributed by atoms with E-state index in [0.717, 1.165) is 10.9 Å². The molecule has 24 heavy (non-hydrogen) atoms. The second-order valence-corrected chi connectivity index (χ2v) is 6.05. The molecule has 0 radical (unpaired) electrons. The fourth-order valence-electron chi connectivity index (χ4n) is 2.26. The Balaban J connectivity index is 1.76. The Kier molecular flexibility index (Phi) is 4.76. The van der Waals surface area contributed by atoms with Crippen LogP contribution in [0.15, 0.2) is 59.2 Å². The molecule has 1 amide bonds. The summed E-state index contributed by atoms with van der Waals surface area (Å²) in [6, 6.07) is 13.3. The van der Waals surface area contributed by atoms with Crippen molar-refractivity contribution >= 4 is 38.4 Å². The zero-order chi connectivity index (χ0) is 17.1. The summed E-state index contributed by atoms with van der Waals surface area (Å²) >= 11 is 3.22. The van der Waals surface area contributed by atoms with Crippen LogP contribution in [-0.4, -0.2) is 17.0 Å². The smallest absolute Gasteiger partial charge is 0.265 e. The van der Waals surface area contributed by atoms with Crippen molar-refractivity contribution in [1.82, 2.24) is 4.98 Å². The molecular weight excluding hydrogens is 375 g/mol. The van der Waals surface area contributed by atoms with Crippen LogP contribution in [0.3, 0.4) is 0 Å². The van der Waals surface area contributed by atoms with E-state index in [0.29, 0.717) is 15.9 Å². The van der Waals surface area contributed by atoms with Crippen LogP contribution in [0.1, 0.15) is 6.92 Å². The largest absolute Gasteiger partial charge is 0.480 e. The van der Waals surface area contributed by atoms with Crippen LogP contribution in [0.4, 0.5) is 10.1 Å². The second-order valence-electron chi connectivity index (χ2n) is 5.20. The summed E-state index contributed by atoms with van der Waals surface area (Å²) < 4.78 is 19.2. The first-order valence-corrected chi connectivity index (χ1v) is 8.10. The van der Waals surface area contributed by atoms with E-state index in [4.69, 9.17) is 4.74 Å². The van der Waals surface area contributed by atoms with Gasteiger partial charge in [-0.25, -0.2) is 4.39 Å². The van der Waals surface area contributed by atoms with Crippen molar-refractivity contribution < 1.29 is 13.9 Å². The van der Waals surface area contributed by atoms with Crippen molar-refractivity contribution in [3.05, 3.63) is 65.0 Å². The molecule has 4 nitrogen and oxygen atoms in total. The molecule has 1 aromatic heterocycles. The number of halogens is 2. The van der Waals surface area contributed by atoms with Gasteiger partial charge >= 0.3 is 0 Å². The zero-order valence-electron chi connectivity index (χ0n) is 12.8. The van der Waals surface area contributed by atoms with Gasteiger partial charge in [-0.3, -0.25) is 9.78 Å². The Morgan fingerprint density at radius 1 is 1.25 bits per heavy atom. The number of hydrogen-bond donors (Lipinski definition) is 1. The van der Waals surface area contributed by atoms with Gasteiger partial charge in [0, 0.05) is 11.6 Å². The third-order valence-corrected chi connectivity index (χ3v) is 4.09. The Labute approximate surface area is 146 Å². The quantitative estimate of drug-likeness (QED) is 0.713. The van der Waals surface area contributed by atoms with Gasteiger partial charge in [0.25, 0.3) is 5.91 Å². The van der Waals surface area contributed by atoms with E-state index in [1.807, 2.05) is 30.3 Å². The van der Waals surface area contributed by atoms with Crippen molar-refractivity contribution in [2.75, 3.05) is 5.32 Å². The lowest BCUT2D eigenvalue weighted by Crippen LogP contribution is -2.30. The minimum atomic E-state index is -0.751. The first kappa shape index (κ1) is 16.4. The van der Waals surface area contributed by atoms with Gasteiger partial charge in [-0.2, -0.15) is 0 Å². The van der Waals surface area contributed by atoms with Crippen LogP contribution < -0.4 is 10.1 Å². The van der Waals surface area contributed by atoms with Crippen LogP contribution in [0, 0.1) is 5.82 Å². The highest BCUT2D eigenvalue weighted by Crippen LogP contribution is 2.27. The molecule has 0 aliphatic rings. The number of ether oxygens (including phenoxy) is 1. The van der Waals surface area contributed by atoms with E-state index in [2.05, 4.69) is 26.2 Å². The molecule has 0 unspecified atom stereocenters. The van der Waals surface area contributed by atoms with Gasteiger partial charge in [-0.05, 0) is 65.3 Å². The molecule has 1 atom stereocenters. The molecule has 6 heteroatoms. The Hall–Kier alpha value is -2.47. The Morgan fingerprint density at radius 3 is 2.88 bits per heavy atom. The molecule has 1 N–H and O–H groups in total. The molecule has 1 heterocycles. The zero-order valence-corrected chi connectivity index (χ0v) is 14.4. The molecule has 0 bridgehead atoms. The molecule has 3 rings (SSSR count). The third-order valence-electron chi connectivity index (χ3n) is 3.47. The topological polar surface area (TPSA) is 51.2 Å². The van der Waals surface area contributed by atoms with Crippen molar-refractivity contribution in [3.8, 4) is 5.75 Å². The molecule has 0 saturated carbocycles. The monoisotopic (exact) mass is 388 g/mol. The molecule has 0 aliphatic carbocycles. The number of aromatic nitrogens is 1. The van der Waals surface area contributed by atoms with Gasteiger partial charge in [-0.15, -0.1) is 0 Å². The molecule has 0 spiro atoms. The number of carbonyl (C=O) groups excluding carboxylic acids is 1.